The molecule has 3 aromatic carbocycles. The van der Waals surface area contributed by atoms with E-state index in [2.05, 4.69) is 12.1 Å². The third-order valence-electron chi connectivity index (χ3n) is 7.86. The molecule has 0 aliphatic heterocycles. The van der Waals surface area contributed by atoms with Gasteiger partial charge >= 0.3 is 6.16 Å². The van der Waals surface area contributed by atoms with Crippen LogP contribution in [0.5, 0.6) is 28.7 Å². The van der Waals surface area contributed by atoms with E-state index in [1.165, 1.54) is 0 Å². The standard InChI is InChI=1S/C32H36O8/c1-6-38-32(33)40-26-14-24-23-17-29(35-3)31(37-5)30(36-4)21(23)13-12-20(26)22-16-28(27(34-2)15-25(22)24)39-18-19-10-8-7-9-11-19/h7-11,15-17,20,24,26H,6,12-14,18H2,1-5H3/t20-,24-,26-/m0/s1. The molecule has 0 aromatic heterocycles. The van der Waals surface area contributed by atoms with Crippen molar-refractivity contribution in [1.29, 1.82) is 0 Å². The Hall–Kier alpha value is -4.07. The van der Waals surface area contributed by atoms with Crippen molar-refractivity contribution in [1.82, 2.24) is 0 Å². The lowest BCUT2D eigenvalue weighted by Gasteiger charge is -2.41. The molecule has 0 unspecified atom stereocenters. The van der Waals surface area contributed by atoms with E-state index in [-0.39, 0.29) is 24.5 Å². The van der Waals surface area contributed by atoms with Crippen LogP contribution in [0.1, 0.15) is 59.4 Å². The molecule has 212 valence electrons. The first-order valence-corrected chi connectivity index (χ1v) is 13.6. The summed E-state index contributed by atoms with van der Waals surface area (Å²) in [4.78, 5) is 12.5. The Morgan fingerprint density at radius 2 is 1.52 bits per heavy atom. The predicted molar refractivity (Wildman–Crippen MR) is 149 cm³/mol. The van der Waals surface area contributed by atoms with Crippen molar-refractivity contribution in [2.24, 2.45) is 0 Å². The van der Waals surface area contributed by atoms with Crippen molar-refractivity contribution in [3.8, 4) is 28.7 Å². The number of benzene rings is 3. The van der Waals surface area contributed by atoms with Gasteiger partial charge in [-0.25, -0.2) is 4.79 Å². The van der Waals surface area contributed by atoms with Crippen molar-refractivity contribution in [3.63, 3.8) is 0 Å². The van der Waals surface area contributed by atoms with E-state index in [0.717, 1.165) is 27.8 Å². The van der Waals surface area contributed by atoms with E-state index in [0.29, 0.717) is 54.6 Å². The van der Waals surface area contributed by atoms with Crippen molar-refractivity contribution in [2.45, 2.75) is 50.7 Å². The zero-order valence-electron chi connectivity index (χ0n) is 23.7. The second-order valence-electron chi connectivity index (χ2n) is 9.89. The highest BCUT2D eigenvalue weighted by molar-refractivity contribution is 5.65. The lowest BCUT2D eigenvalue weighted by atomic mass is 9.67. The first-order chi connectivity index (χ1) is 19.5. The van der Waals surface area contributed by atoms with Crippen LogP contribution in [0.2, 0.25) is 0 Å². The molecule has 40 heavy (non-hydrogen) atoms. The number of hydrogen-bond acceptors (Lipinski definition) is 8. The molecule has 2 bridgehead atoms. The SMILES string of the molecule is CCOC(=O)O[C@H]1C[C@@H]2c3cc(OC)c(OCc4ccccc4)cc3[C@@H]1CCc1c2cc(OC)c(OC)c1OC. The van der Waals surface area contributed by atoms with Gasteiger partial charge in [-0.2, -0.15) is 0 Å². The molecule has 0 radical (unpaired) electrons. The van der Waals surface area contributed by atoms with Crippen molar-refractivity contribution in [2.75, 3.05) is 35.0 Å². The van der Waals surface area contributed by atoms with Gasteiger partial charge in [0.1, 0.15) is 12.7 Å². The zero-order chi connectivity index (χ0) is 28.2. The Bertz CT molecular complexity index is 1350. The van der Waals surface area contributed by atoms with Crippen LogP contribution in [0.15, 0.2) is 48.5 Å². The summed E-state index contributed by atoms with van der Waals surface area (Å²) in [5.41, 5.74) is 5.36. The lowest BCUT2D eigenvalue weighted by Crippen LogP contribution is -2.35. The van der Waals surface area contributed by atoms with Crippen LogP contribution in [0.4, 0.5) is 4.79 Å². The van der Waals surface area contributed by atoms with Gasteiger partial charge in [0.15, 0.2) is 23.0 Å². The number of ether oxygens (including phenoxy) is 7. The van der Waals surface area contributed by atoms with Gasteiger partial charge in [-0.05, 0) is 66.6 Å². The first kappa shape index (κ1) is 27.5. The van der Waals surface area contributed by atoms with E-state index in [4.69, 9.17) is 33.2 Å². The molecule has 8 heteroatoms. The van der Waals surface area contributed by atoms with E-state index in [1.807, 2.05) is 36.4 Å². The highest BCUT2D eigenvalue weighted by atomic mass is 16.7. The van der Waals surface area contributed by atoms with Crippen molar-refractivity contribution < 1.29 is 38.0 Å². The molecular weight excluding hydrogens is 512 g/mol. The van der Waals surface area contributed by atoms with Gasteiger partial charge in [0.2, 0.25) is 5.75 Å². The quantitative estimate of drug-likeness (QED) is 0.284. The second kappa shape index (κ2) is 12.0. The molecule has 3 aromatic rings. The summed E-state index contributed by atoms with van der Waals surface area (Å²) in [5, 5.41) is 0. The van der Waals surface area contributed by atoms with Crippen LogP contribution in [-0.4, -0.2) is 47.3 Å². The fraction of sp³-hybridized carbons (Fsp3) is 0.406. The third kappa shape index (κ3) is 5.10. The van der Waals surface area contributed by atoms with E-state index >= 15 is 0 Å². The summed E-state index contributed by atoms with van der Waals surface area (Å²) < 4.78 is 40.5. The number of carbonyl (C=O) groups excluding carboxylic acids is 1. The normalized spacial score (nSPS) is 18.9. The maximum absolute atomic E-state index is 12.5. The number of carbonyl (C=O) groups is 1. The maximum atomic E-state index is 12.5. The molecule has 0 amide bonds. The highest BCUT2D eigenvalue weighted by Gasteiger charge is 2.43. The minimum atomic E-state index is -0.653. The van der Waals surface area contributed by atoms with Gasteiger partial charge in [-0.1, -0.05) is 30.3 Å². The Kier molecular flexibility index (Phi) is 8.24. The average molecular weight is 549 g/mol. The number of rotatable bonds is 9. The zero-order valence-corrected chi connectivity index (χ0v) is 23.7. The summed E-state index contributed by atoms with van der Waals surface area (Å²) in [5.74, 6) is 2.93. The molecule has 2 aliphatic carbocycles. The molecule has 0 heterocycles. The number of methoxy groups -OCH3 is 4. The number of hydrogen-bond donors (Lipinski definition) is 0. The molecule has 0 saturated carbocycles. The third-order valence-corrected chi connectivity index (χ3v) is 7.86. The van der Waals surface area contributed by atoms with Gasteiger partial charge < -0.3 is 33.2 Å². The fourth-order valence-electron chi connectivity index (χ4n) is 6.09. The van der Waals surface area contributed by atoms with Crippen LogP contribution in [0.25, 0.3) is 0 Å². The lowest BCUT2D eigenvalue weighted by molar-refractivity contribution is 0.00713. The van der Waals surface area contributed by atoms with Gasteiger partial charge in [-0.3, -0.25) is 0 Å². The number of fused-ring (bicyclic) bond motifs is 2. The predicted octanol–water partition coefficient (Wildman–Crippen LogP) is 6.41. The minimum absolute atomic E-state index is 0.0772. The second-order valence-corrected chi connectivity index (χ2v) is 9.89. The Morgan fingerprint density at radius 3 is 2.20 bits per heavy atom. The van der Waals surface area contributed by atoms with E-state index in [9.17, 15) is 4.79 Å². The van der Waals surface area contributed by atoms with Gasteiger partial charge in [0.25, 0.3) is 0 Å². The Labute approximate surface area is 235 Å². The molecule has 0 saturated heterocycles. The van der Waals surface area contributed by atoms with Crippen molar-refractivity contribution >= 4 is 6.16 Å². The van der Waals surface area contributed by atoms with Crippen LogP contribution < -0.4 is 23.7 Å². The topological polar surface area (TPSA) is 81.7 Å². The van der Waals surface area contributed by atoms with Gasteiger partial charge in [0, 0.05) is 17.4 Å². The van der Waals surface area contributed by atoms with E-state index < -0.39 is 6.16 Å². The summed E-state index contributed by atoms with van der Waals surface area (Å²) in [6, 6.07) is 16.1. The molecule has 5 rings (SSSR count). The molecule has 3 atom stereocenters. The highest BCUT2D eigenvalue weighted by Crippen LogP contribution is 2.55. The van der Waals surface area contributed by atoms with Crippen molar-refractivity contribution in [3.05, 3.63) is 76.3 Å². The van der Waals surface area contributed by atoms with E-state index in [1.54, 1.807) is 35.4 Å². The molecular formula is C32H36O8. The average Bonchev–Trinajstić information content (AvgIpc) is 2.97. The largest absolute Gasteiger partial charge is 0.508 e. The molecule has 0 spiro atoms. The van der Waals surface area contributed by atoms with Crippen LogP contribution in [-0.2, 0) is 22.5 Å². The molecule has 2 aliphatic rings. The van der Waals surface area contributed by atoms with Gasteiger partial charge in [-0.15, -0.1) is 0 Å². The van der Waals surface area contributed by atoms with Crippen LogP contribution in [0, 0.1) is 0 Å². The summed E-state index contributed by atoms with van der Waals surface area (Å²) in [6.45, 7) is 2.43. The molecule has 8 nitrogen and oxygen atoms in total. The monoisotopic (exact) mass is 548 g/mol. The van der Waals surface area contributed by atoms with Crippen LogP contribution in [0.3, 0.4) is 0 Å². The summed E-state index contributed by atoms with van der Waals surface area (Å²) >= 11 is 0. The smallest absolute Gasteiger partial charge is 0.493 e. The first-order valence-electron chi connectivity index (χ1n) is 13.6. The summed E-state index contributed by atoms with van der Waals surface area (Å²) in [6.07, 6.45) is 0.968. The van der Waals surface area contributed by atoms with Gasteiger partial charge in [0.05, 0.1) is 35.0 Å². The fourth-order valence-corrected chi connectivity index (χ4v) is 6.09. The molecule has 0 N–H and O–H groups in total. The Morgan fingerprint density at radius 1 is 0.825 bits per heavy atom. The minimum Gasteiger partial charge on any atom is -0.493 e. The molecule has 0 fully saturated rings. The summed E-state index contributed by atoms with van der Waals surface area (Å²) in [7, 11) is 6.52. The Balaban J connectivity index is 1.64. The van der Waals surface area contributed by atoms with Crippen LogP contribution >= 0.6 is 0 Å². The maximum Gasteiger partial charge on any atom is 0.508 e.